The molecule has 2 aromatic rings. The second-order valence-electron chi connectivity index (χ2n) is 7.13. The lowest BCUT2D eigenvalue weighted by Gasteiger charge is -2.41. The summed E-state index contributed by atoms with van der Waals surface area (Å²) in [5.74, 6) is 2.07. The second kappa shape index (κ2) is 6.70. The molecule has 1 saturated carbocycles. The van der Waals surface area contributed by atoms with Gasteiger partial charge in [0.05, 0.1) is 16.9 Å². The Morgan fingerprint density at radius 3 is 2.83 bits per heavy atom. The van der Waals surface area contributed by atoms with E-state index in [0.717, 1.165) is 36.1 Å². The zero-order valence-electron chi connectivity index (χ0n) is 14.6. The first-order chi connectivity index (χ1) is 11.4. The monoisotopic (exact) mass is 350 g/mol. The molecule has 132 valence electrons. The minimum Gasteiger partial charge on any atom is -0.356 e. The molecule has 2 aromatic heterocycles. The Hall–Kier alpha value is -1.63. The van der Waals surface area contributed by atoms with Crippen molar-refractivity contribution < 1.29 is 8.42 Å². The molecule has 24 heavy (non-hydrogen) atoms. The zero-order chi connectivity index (χ0) is 17.3. The van der Waals surface area contributed by atoms with Crippen LogP contribution < -0.4 is 4.90 Å². The number of H-pyrrole nitrogens is 1. The molecule has 0 bridgehead atoms. The fourth-order valence-corrected chi connectivity index (χ4v) is 5.67. The third-order valence-electron chi connectivity index (χ3n) is 5.15. The Labute approximate surface area is 143 Å². The molecule has 6 nitrogen and oxygen atoms in total. The van der Waals surface area contributed by atoms with E-state index in [1.807, 2.05) is 33.2 Å². The summed E-state index contributed by atoms with van der Waals surface area (Å²) < 4.78 is 24.5. The maximum atomic E-state index is 12.3. The van der Waals surface area contributed by atoms with Crippen LogP contribution in [0.1, 0.15) is 33.1 Å². The van der Waals surface area contributed by atoms with Gasteiger partial charge in [0, 0.05) is 19.3 Å². The molecule has 0 aliphatic heterocycles. The number of nitrogens with zero attached hydrogens (tertiary/aromatic N) is 3. The van der Waals surface area contributed by atoms with Crippen molar-refractivity contribution in [2.75, 3.05) is 23.5 Å². The topological polar surface area (TPSA) is 79.0 Å². The van der Waals surface area contributed by atoms with Gasteiger partial charge in [-0.3, -0.25) is 0 Å². The number of hydrogen-bond donors (Lipinski definition) is 1. The van der Waals surface area contributed by atoms with E-state index in [2.05, 4.69) is 19.9 Å². The number of fused-ring (bicyclic) bond motifs is 1. The minimum absolute atomic E-state index is 0.247. The van der Waals surface area contributed by atoms with Gasteiger partial charge in [-0.25, -0.2) is 18.4 Å². The number of hydrogen-bond acceptors (Lipinski definition) is 5. The van der Waals surface area contributed by atoms with Crippen molar-refractivity contribution in [3.8, 4) is 0 Å². The summed E-state index contributed by atoms with van der Waals surface area (Å²) in [5, 5.41) is 1.01. The van der Waals surface area contributed by atoms with Crippen molar-refractivity contribution in [3.63, 3.8) is 0 Å². The van der Waals surface area contributed by atoms with Gasteiger partial charge in [-0.2, -0.15) is 0 Å². The quantitative estimate of drug-likeness (QED) is 0.830. The molecule has 1 atom stereocenters. The van der Waals surface area contributed by atoms with Crippen LogP contribution >= 0.6 is 0 Å². The van der Waals surface area contributed by atoms with E-state index in [4.69, 9.17) is 0 Å². The van der Waals surface area contributed by atoms with Gasteiger partial charge in [0.15, 0.2) is 9.84 Å². The van der Waals surface area contributed by atoms with Crippen molar-refractivity contribution in [1.82, 2.24) is 15.0 Å². The van der Waals surface area contributed by atoms with Crippen molar-refractivity contribution in [2.45, 2.75) is 39.2 Å². The number of sulfone groups is 1. The van der Waals surface area contributed by atoms with E-state index in [9.17, 15) is 8.42 Å². The lowest BCUT2D eigenvalue weighted by atomic mass is 9.81. The third-order valence-corrected chi connectivity index (χ3v) is 7.21. The Morgan fingerprint density at radius 1 is 1.38 bits per heavy atom. The lowest BCUT2D eigenvalue weighted by Crippen LogP contribution is -2.45. The normalized spacial score (nSPS) is 22.3. The highest BCUT2D eigenvalue weighted by Crippen LogP contribution is 2.36. The van der Waals surface area contributed by atoms with Gasteiger partial charge in [0.1, 0.15) is 17.8 Å². The van der Waals surface area contributed by atoms with Gasteiger partial charge < -0.3 is 9.88 Å². The fourth-order valence-electron chi connectivity index (χ4n) is 3.44. The first-order valence-electron chi connectivity index (χ1n) is 8.61. The summed E-state index contributed by atoms with van der Waals surface area (Å²) in [6.07, 6.45) is 6.16. The zero-order valence-corrected chi connectivity index (χ0v) is 15.4. The summed E-state index contributed by atoms with van der Waals surface area (Å²) in [6, 6.07) is 2.33. The van der Waals surface area contributed by atoms with Crippen LogP contribution in [0.3, 0.4) is 0 Å². The van der Waals surface area contributed by atoms with E-state index in [1.165, 1.54) is 0 Å². The molecular formula is C17H26N4O2S. The Morgan fingerprint density at radius 2 is 2.12 bits per heavy atom. The van der Waals surface area contributed by atoms with Crippen molar-refractivity contribution >= 4 is 26.7 Å². The van der Waals surface area contributed by atoms with Crippen LogP contribution in [0.15, 0.2) is 18.6 Å². The summed E-state index contributed by atoms with van der Waals surface area (Å²) in [5.41, 5.74) is 0.832. The molecule has 1 aliphatic rings. The average molecular weight is 350 g/mol. The van der Waals surface area contributed by atoms with E-state index in [0.29, 0.717) is 17.5 Å². The Kier molecular flexibility index (Phi) is 4.80. The second-order valence-corrected chi connectivity index (χ2v) is 9.28. The summed E-state index contributed by atoms with van der Waals surface area (Å²) in [6.45, 7) is 4.05. The average Bonchev–Trinajstić information content (AvgIpc) is 2.97. The molecule has 0 saturated heterocycles. The van der Waals surface area contributed by atoms with Crippen LogP contribution in [0, 0.1) is 11.8 Å². The number of rotatable bonds is 7. The van der Waals surface area contributed by atoms with Gasteiger partial charge in [-0.05, 0) is 30.7 Å². The maximum absolute atomic E-state index is 12.3. The SMILES string of the molecule is CCC(C)CS(=O)(=O)CC1CC(N(C)c2ncnc3[nH]ccc23)C1. The van der Waals surface area contributed by atoms with E-state index in [-0.39, 0.29) is 11.8 Å². The van der Waals surface area contributed by atoms with Crippen LogP contribution in [0.5, 0.6) is 0 Å². The fraction of sp³-hybridized carbons (Fsp3) is 0.647. The molecule has 0 aromatic carbocycles. The molecule has 2 heterocycles. The maximum Gasteiger partial charge on any atom is 0.150 e. The molecule has 0 radical (unpaired) electrons. The Bertz CT molecular complexity index is 796. The van der Waals surface area contributed by atoms with Gasteiger partial charge in [0.2, 0.25) is 0 Å². The van der Waals surface area contributed by atoms with Crippen molar-refractivity contribution in [2.24, 2.45) is 11.8 Å². The smallest absolute Gasteiger partial charge is 0.150 e. The minimum atomic E-state index is -2.94. The van der Waals surface area contributed by atoms with Crippen molar-refractivity contribution in [1.29, 1.82) is 0 Å². The molecule has 7 heteroatoms. The van der Waals surface area contributed by atoms with E-state index < -0.39 is 9.84 Å². The van der Waals surface area contributed by atoms with Gasteiger partial charge in [-0.15, -0.1) is 0 Å². The van der Waals surface area contributed by atoms with Gasteiger partial charge >= 0.3 is 0 Å². The number of aromatic amines is 1. The molecule has 1 N–H and O–H groups in total. The highest BCUT2D eigenvalue weighted by atomic mass is 32.2. The summed E-state index contributed by atoms with van der Waals surface area (Å²) >= 11 is 0. The van der Waals surface area contributed by atoms with Crippen LogP contribution in [-0.2, 0) is 9.84 Å². The molecule has 0 spiro atoms. The third kappa shape index (κ3) is 3.55. The largest absolute Gasteiger partial charge is 0.356 e. The van der Waals surface area contributed by atoms with E-state index in [1.54, 1.807) is 6.33 Å². The van der Waals surface area contributed by atoms with E-state index >= 15 is 0 Å². The number of nitrogens with one attached hydrogen (secondary N) is 1. The number of anilines is 1. The summed E-state index contributed by atoms with van der Waals surface area (Å²) in [4.78, 5) is 13.9. The van der Waals surface area contributed by atoms with Gasteiger partial charge in [0.25, 0.3) is 0 Å². The first-order valence-corrected chi connectivity index (χ1v) is 10.4. The predicted octanol–water partition coefficient (Wildman–Crippen LogP) is 2.63. The molecule has 1 fully saturated rings. The molecule has 1 unspecified atom stereocenters. The van der Waals surface area contributed by atoms with Crippen LogP contribution in [-0.4, -0.2) is 48.0 Å². The molecule has 3 rings (SSSR count). The van der Waals surface area contributed by atoms with Crippen LogP contribution in [0.25, 0.3) is 11.0 Å². The lowest BCUT2D eigenvalue weighted by molar-refractivity contribution is 0.282. The molecular weight excluding hydrogens is 324 g/mol. The van der Waals surface area contributed by atoms with Crippen LogP contribution in [0.4, 0.5) is 5.82 Å². The number of aromatic nitrogens is 3. The highest BCUT2D eigenvalue weighted by Gasteiger charge is 2.36. The Balaban J connectivity index is 1.59. The standard InChI is InChI=1S/C17H26N4O2S/c1-4-12(2)9-24(22,23)10-13-7-14(8-13)21(3)17-15-5-6-18-16(15)19-11-20-17/h5-6,11-14H,4,7-10H2,1-3H3,(H,18,19,20). The first kappa shape index (κ1) is 17.2. The van der Waals surface area contributed by atoms with Crippen molar-refractivity contribution in [3.05, 3.63) is 18.6 Å². The molecule has 0 amide bonds. The summed E-state index contributed by atoms with van der Waals surface area (Å²) in [7, 11) is -0.911. The molecule has 1 aliphatic carbocycles. The predicted molar refractivity (Wildman–Crippen MR) is 96.9 cm³/mol. The highest BCUT2D eigenvalue weighted by molar-refractivity contribution is 7.91. The van der Waals surface area contributed by atoms with Gasteiger partial charge in [-0.1, -0.05) is 20.3 Å². The van der Waals surface area contributed by atoms with Crippen LogP contribution in [0.2, 0.25) is 0 Å².